The first-order valence-corrected chi connectivity index (χ1v) is 6.64. The molecule has 0 aromatic heterocycles. The summed E-state index contributed by atoms with van der Waals surface area (Å²) in [7, 11) is 1.64. The molecule has 0 amide bonds. The highest BCUT2D eigenvalue weighted by molar-refractivity contribution is 6.31. The Morgan fingerprint density at radius 1 is 1.20 bits per heavy atom. The molecule has 0 heterocycles. The van der Waals surface area contributed by atoms with Gasteiger partial charge in [0.05, 0.1) is 7.11 Å². The summed E-state index contributed by atoms with van der Waals surface area (Å²) in [5, 5.41) is 3.81. The molecule has 0 atom stereocenters. The van der Waals surface area contributed by atoms with Crippen LogP contribution in [0.15, 0.2) is 42.5 Å². The Bertz CT molecular complexity index is 608. The van der Waals surface area contributed by atoms with E-state index < -0.39 is 0 Å². The molecular formula is C16H16ClNO2. The van der Waals surface area contributed by atoms with E-state index >= 15 is 0 Å². The average Bonchev–Trinajstić information content (AvgIpc) is 2.45. The predicted octanol–water partition coefficient (Wildman–Crippen LogP) is 4.16. The Balaban J connectivity index is 2.08. The number of carbonyl (C=O) groups excluding carboxylic acids is 1. The molecule has 0 aliphatic rings. The second kappa shape index (κ2) is 6.44. The van der Waals surface area contributed by atoms with Gasteiger partial charge < -0.3 is 10.1 Å². The highest BCUT2D eigenvalue weighted by Crippen LogP contribution is 2.20. The second-order valence-electron chi connectivity index (χ2n) is 4.49. The van der Waals surface area contributed by atoms with Crippen molar-refractivity contribution in [3.05, 3.63) is 58.6 Å². The molecule has 0 aliphatic carbocycles. The van der Waals surface area contributed by atoms with Crippen molar-refractivity contribution in [3.8, 4) is 5.75 Å². The lowest BCUT2D eigenvalue weighted by atomic mass is 10.1. The molecule has 0 fully saturated rings. The van der Waals surface area contributed by atoms with Crippen LogP contribution in [0, 0.1) is 0 Å². The lowest BCUT2D eigenvalue weighted by molar-refractivity contribution is 0.101. The largest absolute Gasteiger partial charge is 0.497 e. The minimum Gasteiger partial charge on any atom is -0.497 e. The molecule has 104 valence electrons. The summed E-state index contributed by atoms with van der Waals surface area (Å²) in [6.45, 7) is 2.18. The van der Waals surface area contributed by atoms with Gasteiger partial charge in [-0.2, -0.15) is 0 Å². The average molecular weight is 290 g/mol. The van der Waals surface area contributed by atoms with Crippen LogP contribution in [0.1, 0.15) is 22.8 Å². The molecular weight excluding hydrogens is 274 g/mol. The van der Waals surface area contributed by atoms with E-state index in [0.717, 1.165) is 17.0 Å². The molecule has 20 heavy (non-hydrogen) atoms. The van der Waals surface area contributed by atoms with Crippen LogP contribution >= 0.6 is 11.6 Å². The van der Waals surface area contributed by atoms with E-state index in [9.17, 15) is 4.79 Å². The fourth-order valence-corrected chi connectivity index (χ4v) is 2.08. The van der Waals surface area contributed by atoms with Crippen LogP contribution in [0.25, 0.3) is 0 Å². The molecule has 2 aromatic carbocycles. The summed E-state index contributed by atoms with van der Waals surface area (Å²) in [5.74, 6) is 0.829. The third kappa shape index (κ3) is 3.75. The van der Waals surface area contributed by atoms with Gasteiger partial charge in [0.25, 0.3) is 0 Å². The Morgan fingerprint density at radius 2 is 1.90 bits per heavy atom. The zero-order chi connectivity index (χ0) is 14.5. The van der Waals surface area contributed by atoms with Crippen LogP contribution in [0.5, 0.6) is 5.75 Å². The van der Waals surface area contributed by atoms with Gasteiger partial charge >= 0.3 is 0 Å². The number of carbonyl (C=O) groups is 1. The van der Waals surface area contributed by atoms with Crippen LogP contribution in [-0.4, -0.2) is 12.9 Å². The Kier molecular flexibility index (Phi) is 4.64. The molecule has 0 aliphatic heterocycles. The smallest absolute Gasteiger partial charge is 0.159 e. The summed E-state index contributed by atoms with van der Waals surface area (Å²) in [6, 6.07) is 13.1. The van der Waals surface area contributed by atoms with Gasteiger partial charge in [-0.3, -0.25) is 4.79 Å². The Hall–Kier alpha value is -2.00. The number of benzene rings is 2. The first-order valence-electron chi connectivity index (χ1n) is 6.27. The fourth-order valence-electron chi connectivity index (χ4n) is 1.84. The van der Waals surface area contributed by atoms with E-state index in [1.54, 1.807) is 25.3 Å². The Labute approximate surface area is 123 Å². The van der Waals surface area contributed by atoms with Crippen molar-refractivity contribution in [2.45, 2.75) is 13.5 Å². The maximum atomic E-state index is 11.4. The SMILES string of the molecule is COc1ccc(CNc2cc(Cl)cc(C(C)=O)c2)cc1. The molecule has 0 radical (unpaired) electrons. The van der Waals surface area contributed by atoms with Crippen molar-refractivity contribution in [2.24, 2.45) is 0 Å². The highest BCUT2D eigenvalue weighted by atomic mass is 35.5. The van der Waals surface area contributed by atoms with E-state index in [2.05, 4.69) is 5.32 Å². The van der Waals surface area contributed by atoms with Gasteiger partial charge in [-0.15, -0.1) is 0 Å². The number of methoxy groups -OCH3 is 1. The summed E-state index contributed by atoms with van der Waals surface area (Å²) >= 11 is 6.01. The third-order valence-electron chi connectivity index (χ3n) is 2.96. The van der Waals surface area contributed by atoms with Crippen molar-refractivity contribution in [1.29, 1.82) is 0 Å². The zero-order valence-electron chi connectivity index (χ0n) is 11.4. The van der Waals surface area contributed by atoms with Gasteiger partial charge in [-0.25, -0.2) is 0 Å². The summed E-state index contributed by atoms with van der Waals surface area (Å²) in [4.78, 5) is 11.4. The molecule has 0 bridgehead atoms. The molecule has 0 unspecified atom stereocenters. The van der Waals surface area contributed by atoms with Crippen molar-refractivity contribution in [3.63, 3.8) is 0 Å². The zero-order valence-corrected chi connectivity index (χ0v) is 12.2. The fraction of sp³-hybridized carbons (Fsp3) is 0.188. The number of hydrogen-bond donors (Lipinski definition) is 1. The second-order valence-corrected chi connectivity index (χ2v) is 4.92. The van der Waals surface area contributed by atoms with Crippen LogP contribution in [0.2, 0.25) is 5.02 Å². The van der Waals surface area contributed by atoms with E-state index in [4.69, 9.17) is 16.3 Å². The normalized spacial score (nSPS) is 10.2. The first-order chi connectivity index (χ1) is 9.58. The van der Waals surface area contributed by atoms with Crippen molar-refractivity contribution >= 4 is 23.1 Å². The lowest BCUT2D eigenvalue weighted by Crippen LogP contribution is -2.01. The van der Waals surface area contributed by atoms with Crippen LogP contribution in [0.4, 0.5) is 5.69 Å². The lowest BCUT2D eigenvalue weighted by Gasteiger charge is -2.09. The van der Waals surface area contributed by atoms with Gasteiger partial charge in [0, 0.05) is 22.8 Å². The standard InChI is InChI=1S/C16H16ClNO2/c1-11(19)13-7-14(17)9-15(8-13)18-10-12-3-5-16(20-2)6-4-12/h3-9,18H,10H2,1-2H3. The van der Waals surface area contributed by atoms with E-state index in [1.165, 1.54) is 6.92 Å². The van der Waals surface area contributed by atoms with E-state index in [0.29, 0.717) is 17.1 Å². The van der Waals surface area contributed by atoms with Crippen molar-refractivity contribution in [2.75, 3.05) is 12.4 Å². The summed E-state index contributed by atoms with van der Waals surface area (Å²) in [5.41, 5.74) is 2.56. The quantitative estimate of drug-likeness (QED) is 0.840. The molecule has 2 aromatic rings. The Morgan fingerprint density at radius 3 is 2.50 bits per heavy atom. The number of nitrogens with one attached hydrogen (secondary N) is 1. The number of halogens is 1. The number of ketones is 1. The van der Waals surface area contributed by atoms with E-state index in [-0.39, 0.29) is 5.78 Å². The van der Waals surface area contributed by atoms with Gasteiger partial charge in [0.15, 0.2) is 5.78 Å². The van der Waals surface area contributed by atoms with Crippen LogP contribution in [0.3, 0.4) is 0 Å². The van der Waals surface area contributed by atoms with Crippen molar-refractivity contribution in [1.82, 2.24) is 0 Å². The van der Waals surface area contributed by atoms with Crippen molar-refractivity contribution < 1.29 is 9.53 Å². The molecule has 0 saturated heterocycles. The highest BCUT2D eigenvalue weighted by Gasteiger charge is 2.04. The maximum Gasteiger partial charge on any atom is 0.159 e. The van der Waals surface area contributed by atoms with Gasteiger partial charge in [0.2, 0.25) is 0 Å². The molecule has 1 N–H and O–H groups in total. The maximum absolute atomic E-state index is 11.4. The molecule has 0 spiro atoms. The monoisotopic (exact) mass is 289 g/mol. The molecule has 2 rings (SSSR count). The van der Waals surface area contributed by atoms with Gasteiger partial charge in [-0.1, -0.05) is 23.7 Å². The number of rotatable bonds is 5. The number of Topliss-reactive ketones (excluding diaryl/α,β-unsaturated/α-hetero) is 1. The molecule has 4 heteroatoms. The van der Waals surface area contributed by atoms with Gasteiger partial charge in [-0.05, 0) is 42.8 Å². The predicted molar refractivity (Wildman–Crippen MR) is 81.8 cm³/mol. The number of hydrogen-bond acceptors (Lipinski definition) is 3. The summed E-state index contributed by atoms with van der Waals surface area (Å²) in [6.07, 6.45) is 0. The first kappa shape index (κ1) is 14.4. The topological polar surface area (TPSA) is 38.3 Å². The van der Waals surface area contributed by atoms with Gasteiger partial charge in [0.1, 0.15) is 5.75 Å². The van der Waals surface area contributed by atoms with E-state index in [1.807, 2.05) is 24.3 Å². The number of ether oxygens (including phenoxy) is 1. The molecule has 0 saturated carbocycles. The number of anilines is 1. The van der Waals surface area contributed by atoms with Crippen LogP contribution < -0.4 is 10.1 Å². The molecule has 3 nitrogen and oxygen atoms in total. The third-order valence-corrected chi connectivity index (χ3v) is 3.18. The summed E-state index contributed by atoms with van der Waals surface area (Å²) < 4.78 is 5.11. The minimum absolute atomic E-state index is 0.00000234. The minimum atomic E-state index is -0.00000234. The van der Waals surface area contributed by atoms with Crippen LogP contribution in [-0.2, 0) is 6.54 Å².